The van der Waals surface area contributed by atoms with Gasteiger partial charge >= 0.3 is 0 Å². The van der Waals surface area contributed by atoms with Crippen molar-refractivity contribution in [3.63, 3.8) is 0 Å². The number of rotatable bonds is 4. The molecule has 0 radical (unpaired) electrons. The minimum Gasteiger partial charge on any atom is -0.323 e. The Morgan fingerprint density at radius 3 is 2.48 bits per heavy atom. The normalized spacial score (nSPS) is 21.8. The fraction of sp³-hybridized carbons (Fsp3) is 0.348. The third-order valence-electron chi connectivity index (χ3n) is 5.73. The van der Waals surface area contributed by atoms with E-state index in [2.05, 4.69) is 64.0 Å². The minimum atomic E-state index is -0.409. The molecule has 3 aromatic rings. The summed E-state index contributed by atoms with van der Waals surface area (Å²) in [6.45, 7) is 8.20. The number of nitrogens with one attached hydrogen (secondary N) is 3. The average molecular weight is 390 g/mol. The third kappa shape index (κ3) is 4.07. The van der Waals surface area contributed by atoms with Crippen molar-refractivity contribution in [2.75, 3.05) is 5.32 Å². The molecule has 150 valence electrons. The van der Waals surface area contributed by atoms with E-state index in [1.54, 1.807) is 0 Å². The molecule has 0 saturated carbocycles. The van der Waals surface area contributed by atoms with Crippen LogP contribution in [0.2, 0.25) is 0 Å². The van der Waals surface area contributed by atoms with Gasteiger partial charge < -0.3 is 10.6 Å². The van der Waals surface area contributed by atoms with E-state index in [0.29, 0.717) is 12.4 Å². The van der Waals surface area contributed by atoms with E-state index < -0.39 is 6.29 Å². The average Bonchev–Trinajstić information content (AvgIpc) is 2.67. The van der Waals surface area contributed by atoms with Crippen LogP contribution < -0.4 is 16.0 Å². The lowest BCUT2D eigenvalue weighted by molar-refractivity contribution is -0.128. The van der Waals surface area contributed by atoms with Crippen molar-refractivity contribution in [3.8, 4) is 0 Å². The van der Waals surface area contributed by atoms with Gasteiger partial charge in [-0.3, -0.25) is 10.1 Å². The van der Waals surface area contributed by atoms with Gasteiger partial charge in [-0.1, -0.05) is 30.3 Å². The van der Waals surface area contributed by atoms with E-state index in [9.17, 15) is 4.79 Å². The fourth-order valence-electron chi connectivity index (χ4n) is 3.85. The summed E-state index contributed by atoms with van der Waals surface area (Å²) >= 11 is 0. The van der Waals surface area contributed by atoms with Gasteiger partial charge in [0.25, 0.3) is 0 Å². The van der Waals surface area contributed by atoms with Crippen molar-refractivity contribution >= 4 is 22.8 Å². The van der Waals surface area contributed by atoms with Crippen molar-refractivity contribution in [2.45, 2.75) is 46.4 Å². The number of fused-ring (bicyclic) bond motifs is 1. The summed E-state index contributed by atoms with van der Waals surface area (Å²) in [5.74, 6) is 0.409. The monoisotopic (exact) mass is 389 g/mol. The van der Waals surface area contributed by atoms with Crippen LogP contribution in [0.25, 0.3) is 10.9 Å². The highest BCUT2D eigenvalue weighted by molar-refractivity contribution is 5.84. The van der Waals surface area contributed by atoms with Crippen LogP contribution in [0.15, 0.2) is 42.5 Å². The zero-order chi connectivity index (χ0) is 20.5. The molecule has 0 bridgehead atoms. The van der Waals surface area contributed by atoms with E-state index in [0.717, 1.165) is 22.2 Å². The van der Waals surface area contributed by atoms with E-state index in [1.165, 1.54) is 11.1 Å². The van der Waals surface area contributed by atoms with Crippen molar-refractivity contribution < 1.29 is 4.79 Å². The highest BCUT2D eigenvalue weighted by atomic mass is 16.2. The number of benzene rings is 2. The standard InChI is InChI=1S/C23H27N5O/c1-13-10-18-15(3)24-22(26-20(18)11-14(13)2)28-23-25-16(4)19(21(29)27-23)12-17-8-6-5-7-9-17/h5-11,16,19,23,25H,12H2,1-4H3,(H,27,29)(H,24,26,28). The van der Waals surface area contributed by atoms with Crippen LogP contribution in [0, 0.1) is 26.7 Å². The predicted octanol–water partition coefficient (Wildman–Crippen LogP) is 3.22. The summed E-state index contributed by atoms with van der Waals surface area (Å²) in [5, 5.41) is 10.7. The first kappa shape index (κ1) is 19.3. The van der Waals surface area contributed by atoms with Gasteiger partial charge in [-0.15, -0.1) is 0 Å². The van der Waals surface area contributed by atoms with E-state index >= 15 is 0 Å². The Morgan fingerprint density at radius 1 is 1.03 bits per heavy atom. The SMILES string of the molecule is Cc1cc2nc(NC3NC(=O)C(Cc4ccccc4)C(C)N3)nc(C)c2cc1C. The maximum atomic E-state index is 12.7. The third-order valence-corrected chi connectivity index (χ3v) is 5.73. The van der Waals surface area contributed by atoms with Crippen LogP contribution in [0.5, 0.6) is 0 Å². The lowest BCUT2D eigenvalue weighted by Crippen LogP contribution is -2.63. The summed E-state index contributed by atoms with van der Waals surface area (Å²) in [5.41, 5.74) is 5.40. The Balaban J connectivity index is 1.49. The molecule has 3 unspecified atom stereocenters. The van der Waals surface area contributed by atoms with Crippen molar-refractivity contribution in [3.05, 3.63) is 64.8 Å². The Labute approximate surface area is 171 Å². The summed E-state index contributed by atoms with van der Waals surface area (Å²) < 4.78 is 0. The number of carbonyl (C=O) groups excluding carboxylic acids is 1. The number of hydrogen-bond donors (Lipinski definition) is 3. The first-order valence-electron chi connectivity index (χ1n) is 10.0. The first-order valence-corrected chi connectivity index (χ1v) is 10.0. The maximum absolute atomic E-state index is 12.7. The van der Waals surface area contributed by atoms with Gasteiger partial charge in [0.05, 0.1) is 17.1 Å². The molecular weight excluding hydrogens is 362 g/mol. The smallest absolute Gasteiger partial charge is 0.227 e. The van der Waals surface area contributed by atoms with E-state index in [4.69, 9.17) is 0 Å². The zero-order valence-corrected chi connectivity index (χ0v) is 17.3. The second-order valence-corrected chi connectivity index (χ2v) is 7.92. The maximum Gasteiger partial charge on any atom is 0.227 e. The molecule has 4 rings (SSSR count). The summed E-state index contributed by atoms with van der Waals surface area (Å²) in [7, 11) is 0. The molecule has 1 fully saturated rings. The van der Waals surface area contributed by atoms with Crippen molar-refractivity contribution in [1.29, 1.82) is 0 Å². The van der Waals surface area contributed by atoms with Crippen molar-refractivity contribution in [1.82, 2.24) is 20.6 Å². The quantitative estimate of drug-likeness (QED) is 0.639. The Bertz CT molecular complexity index is 1050. The molecule has 3 N–H and O–H groups in total. The number of hydrogen-bond acceptors (Lipinski definition) is 5. The highest BCUT2D eigenvalue weighted by Crippen LogP contribution is 2.22. The number of nitrogens with zero attached hydrogens (tertiary/aromatic N) is 2. The highest BCUT2D eigenvalue weighted by Gasteiger charge is 2.33. The van der Waals surface area contributed by atoms with Crippen LogP contribution in [0.1, 0.15) is 29.3 Å². The van der Waals surface area contributed by atoms with E-state index in [-0.39, 0.29) is 17.9 Å². The van der Waals surface area contributed by atoms with Crippen LogP contribution >= 0.6 is 0 Å². The molecule has 1 aliphatic rings. The molecule has 0 spiro atoms. The number of amides is 1. The molecule has 6 heteroatoms. The first-order chi connectivity index (χ1) is 13.9. The van der Waals surface area contributed by atoms with Crippen LogP contribution in [0.3, 0.4) is 0 Å². The summed E-state index contributed by atoms with van der Waals surface area (Å²) in [6, 6.07) is 14.3. The lowest BCUT2D eigenvalue weighted by Gasteiger charge is -2.36. The van der Waals surface area contributed by atoms with Crippen LogP contribution in [-0.2, 0) is 11.2 Å². The zero-order valence-electron chi connectivity index (χ0n) is 17.3. The molecule has 2 heterocycles. The number of aryl methyl sites for hydroxylation is 3. The number of carbonyl (C=O) groups is 1. The summed E-state index contributed by atoms with van der Waals surface area (Å²) in [6.07, 6.45) is 0.297. The lowest BCUT2D eigenvalue weighted by atomic mass is 9.91. The second kappa shape index (κ2) is 7.79. The molecule has 2 aromatic carbocycles. The summed E-state index contributed by atoms with van der Waals surface area (Å²) in [4.78, 5) is 22.0. The number of aromatic nitrogens is 2. The Morgan fingerprint density at radius 2 is 1.76 bits per heavy atom. The molecule has 1 aliphatic heterocycles. The van der Waals surface area contributed by atoms with Gasteiger partial charge in [-0.05, 0) is 62.9 Å². The largest absolute Gasteiger partial charge is 0.323 e. The fourth-order valence-corrected chi connectivity index (χ4v) is 3.85. The minimum absolute atomic E-state index is 0.0212. The van der Waals surface area contributed by atoms with Gasteiger partial charge in [-0.25, -0.2) is 9.97 Å². The van der Waals surface area contributed by atoms with Gasteiger partial charge in [0.1, 0.15) is 0 Å². The van der Waals surface area contributed by atoms with Gasteiger partial charge in [0.2, 0.25) is 11.9 Å². The molecule has 3 atom stereocenters. The molecule has 29 heavy (non-hydrogen) atoms. The van der Waals surface area contributed by atoms with Gasteiger partial charge in [0, 0.05) is 11.4 Å². The van der Waals surface area contributed by atoms with Gasteiger partial charge in [0.15, 0.2) is 6.29 Å². The molecule has 1 amide bonds. The Kier molecular flexibility index (Phi) is 5.20. The molecule has 6 nitrogen and oxygen atoms in total. The molecular formula is C23H27N5O. The van der Waals surface area contributed by atoms with Crippen LogP contribution in [0.4, 0.5) is 5.95 Å². The topological polar surface area (TPSA) is 78.9 Å². The number of anilines is 1. The van der Waals surface area contributed by atoms with Crippen molar-refractivity contribution in [2.24, 2.45) is 5.92 Å². The molecule has 1 saturated heterocycles. The predicted molar refractivity (Wildman–Crippen MR) is 116 cm³/mol. The van der Waals surface area contributed by atoms with E-state index in [1.807, 2.05) is 32.0 Å². The molecule has 1 aromatic heterocycles. The second-order valence-electron chi connectivity index (χ2n) is 7.92. The van der Waals surface area contributed by atoms with Crippen LogP contribution in [-0.4, -0.2) is 28.2 Å². The molecule has 0 aliphatic carbocycles. The van der Waals surface area contributed by atoms with Gasteiger partial charge in [-0.2, -0.15) is 0 Å². The Hall–Kier alpha value is -2.99.